The number of rotatable bonds is 7. The van der Waals surface area contributed by atoms with Gasteiger partial charge in [-0.1, -0.05) is 59.8 Å². The van der Waals surface area contributed by atoms with E-state index in [0.717, 1.165) is 47.4 Å². The Hall–Kier alpha value is -3.50. The van der Waals surface area contributed by atoms with Crippen LogP contribution in [0.3, 0.4) is 0 Å². The summed E-state index contributed by atoms with van der Waals surface area (Å²) in [5.74, 6) is 0.973. The van der Waals surface area contributed by atoms with E-state index in [1.807, 2.05) is 28.8 Å². The molecule has 0 radical (unpaired) electrons. The van der Waals surface area contributed by atoms with Gasteiger partial charge in [0.15, 0.2) is 11.0 Å². The first kappa shape index (κ1) is 29.2. The fraction of sp³-hybridized carbons (Fsp3) is 0.235. The SMILES string of the molecule is Cc1ccc(C)c(-n2c(SCC(=O)N3N=C4C(=Cc5cccs5)CCCC4C3c3cccs3)nnc2-c2ccccc2Cl)c1. The molecule has 2 aromatic carbocycles. The topological polar surface area (TPSA) is 63.4 Å². The maximum Gasteiger partial charge on any atom is 0.253 e. The van der Waals surface area contributed by atoms with E-state index < -0.39 is 0 Å². The Morgan fingerprint density at radius 2 is 1.89 bits per heavy atom. The number of fused-ring (bicyclic) bond motifs is 1. The Morgan fingerprint density at radius 3 is 2.68 bits per heavy atom. The van der Waals surface area contributed by atoms with Crippen LogP contribution in [0.1, 0.15) is 46.2 Å². The summed E-state index contributed by atoms with van der Waals surface area (Å²) in [4.78, 5) is 16.5. The predicted molar refractivity (Wildman–Crippen MR) is 183 cm³/mol. The number of benzene rings is 2. The van der Waals surface area contributed by atoms with Gasteiger partial charge >= 0.3 is 0 Å². The van der Waals surface area contributed by atoms with Gasteiger partial charge in [-0.15, -0.1) is 32.9 Å². The Bertz CT molecular complexity index is 1880. The number of thioether (sulfide) groups is 1. The summed E-state index contributed by atoms with van der Waals surface area (Å²) in [5.41, 5.74) is 6.26. The van der Waals surface area contributed by atoms with Gasteiger partial charge in [-0.3, -0.25) is 9.36 Å². The molecule has 0 N–H and O–H groups in total. The van der Waals surface area contributed by atoms with E-state index in [-0.39, 0.29) is 23.6 Å². The first-order chi connectivity index (χ1) is 21.5. The second-order valence-electron chi connectivity index (χ2n) is 11.1. The van der Waals surface area contributed by atoms with Gasteiger partial charge in [-0.25, -0.2) is 5.01 Å². The van der Waals surface area contributed by atoms with Crippen molar-refractivity contribution in [3.05, 3.63) is 109 Å². The van der Waals surface area contributed by atoms with Crippen molar-refractivity contribution in [3.8, 4) is 17.1 Å². The number of carbonyl (C=O) groups excluding carboxylic acids is 1. The fourth-order valence-electron chi connectivity index (χ4n) is 6.04. The van der Waals surface area contributed by atoms with E-state index in [2.05, 4.69) is 83.3 Å². The van der Waals surface area contributed by atoms with E-state index in [4.69, 9.17) is 16.7 Å². The third-order valence-corrected chi connectivity index (χ3v) is 11.1. The highest BCUT2D eigenvalue weighted by Crippen LogP contribution is 2.46. The molecule has 2 unspecified atom stereocenters. The zero-order valence-electron chi connectivity index (χ0n) is 24.3. The van der Waals surface area contributed by atoms with Gasteiger partial charge in [0.1, 0.15) is 0 Å². The number of hydrogen-bond acceptors (Lipinski definition) is 7. The van der Waals surface area contributed by atoms with Crippen LogP contribution in [0.25, 0.3) is 23.2 Å². The summed E-state index contributed by atoms with van der Waals surface area (Å²) in [6, 6.07) is 22.3. The van der Waals surface area contributed by atoms with Crippen molar-refractivity contribution in [2.24, 2.45) is 11.0 Å². The number of nitrogens with zero attached hydrogens (tertiary/aromatic N) is 5. The van der Waals surface area contributed by atoms with Crippen molar-refractivity contribution < 1.29 is 4.79 Å². The summed E-state index contributed by atoms with van der Waals surface area (Å²) in [7, 11) is 0. The average molecular weight is 656 g/mol. The van der Waals surface area contributed by atoms with Gasteiger partial charge in [0.25, 0.3) is 5.91 Å². The monoisotopic (exact) mass is 655 g/mol. The summed E-state index contributed by atoms with van der Waals surface area (Å²) >= 11 is 11.4. The lowest BCUT2D eigenvalue weighted by Crippen LogP contribution is -2.32. The van der Waals surface area contributed by atoms with Gasteiger partial charge in [0, 0.05) is 21.2 Å². The third-order valence-electron chi connectivity index (χ3n) is 8.13. The molecule has 6 nitrogen and oxygen atoms in total. The summed E-state index contributed by atoms with van der Waals surface area (Å²) in [6.07, 6.45) is 5.34. The van der Waals surface area contributed by atoms with Gasteiger partial charge in [0.05, 0.1) is 28.2 Å². The van der Waals surface area contributed by atoms with Crippen molar-refractivity contribution in [1.29, 1.82) is 0 Å². The minimum atomic E-state index is -0.0966. The maximum atomic E-state index is 14.1. The predicted octanol–water partition coefficient (Wildman–Crippen LogP) is 9.24. The summed E-state index contributed by atoms with van der Waals surface area (Å²) in [6.45, 7) is 4.14. The van der Waals surface area contributed by atoms with Gasteiger partial charge < -0.3 is 0 Å². The minimum Gasteiger partial charge on any atom is -0.272 e. The molecule has 0 bridgehead atoms. The molecule has 4 heterocycles. The molecule has 1 fully saturated rings. The summed E-state index contributed by atoms with van der Waals surface area (Å²) in [5, 5.41) is 21.4. The van der Waals surface area contributed by atoms with E-state index in [1.54, 1.807) is 27.7 Å². The molecule has 5 aromatic rings. The lowest BCUT2D eigenvalue weighted by Gasteiger charge is -2.28. The van der Waals surface area contributed by atoms with Crippen molar-refractivity contribution in [3.63, 3.8) is 0 Å². The van der Waals surface area contributed by atoms with Crippen molar-refractivity contribution >= 4 is 63.7 Å². The first-order valence-corrected chi connectivity index (χ1v) is 17.7. The molecule has 1 aliphatic heterocycles. The Morgan fingerprint density at radius 1 is 1.05 bits per heavy atom. The number of halogens is 1. The normalized spacial score (nSPS) is 18.9. The zero-order valence-corrected chi connectivity index (χ0v) is 27.5. The quantitative estimate of drug-likeness (QED) is 0.164. The molecule has 1 aliphatic carbocycles. The standard InChI is InChI=1S/C34H30ClN5OS3/c1-21-14-15-22(2)28(18-21)39-33(25-10-3-4-12-27(25)35)36-37-34(39)44-20-30(41)40-32(29-13-7-17-43-29)26-11-5-8-23(31(26)38-40)19-24-9-6-16-42-24/h3-4,6-7,9-10,12-19,26,32H,5,8,11,20H2,1-2H3. The average Bonchev–Trinajstić information content (AvgIpc) is 3.84. The number of hydrazone groups is 1. The highest BCUT2D eigenvalue weighted by Gasteiger charge is 2.44. The number of thiophene rings is 2. The van der Waals surface area contributed by atoms with Crippen LogP contribution in [0.15, 0.2) is 93.3 Å². The molecule has 2 atom stereocenters. The fourth-order valence-corrected chi connectivity index (χ4v) is 8.61. The molecular formula is C34H30ClN5OS3. The zero-order chi connectivity index (χ0) is 30.2. The molecule has 1 amide bonds. The van der Waals surface area contributed by atoms with Gasteiger partial charge in [-0.2, -0.15) is 5.10 Å². The molecular weight excluding hydrogens is 626 g/mol. The van der Waals surface area contributed by atoms with Crippen LogP contribution < -0.4 is 0 Å². The lowest BCUT2D eigenvalue weighted by atomic mass is 9.79. The van der Waals surface area contributed by atoms with Crippen molar-refractivity contribution in [2.45, 2.75) is 44.3 Å². The largest absolute Gasteiger partial charge is 0.272 e. The van der Waals surface area contributed by atoms with Crippen LogP contribution in [-0.4, -0.2) is 37.1 Å². The van der Waals surface area contributed by atoms with E-state index in [1.165, 1.54) is 27.1 Å². The number of aromatic nitrogens is 3. The van der Waals surface area contributed by atoms with Crippen LogP contribution in [-0.2, 0) is 4.79 Å². The Labute approximate surface area is 274 Å². The number of hydrogen-bond donors (Lipinski definition) is 0. The third kappa shape index (κ3) is 5.58. The van der Waals surface area contributed by atoms with E-state index in [0.29, 0.717) is 16.0 Å². The minimum absolute atomic E-state index is 0.0411. The second kappa shape index (κ2) is 12.5. The van der Waals surface area contributed by atoms with E-state index in [9.17, 15) is 4.79 Å². The highest BCUT2D eigenvalue weighted by molar-refractivity contribution is 7.99. The van der Waals surface area contributed by atoms with Gasteiger partial charge in [-0.05, 0) is 97.0 Å². The smallest absolute Gasteiger partial charge is 0.253 e. The van der Waals surface area contributed by atoms with Gasteiger partial charge in [0.2, 0.25) is 0 Å². The molecule has 7 rings (SSSR count). The van der Waals surface area contributed by atoms with Crippen LogP contribution in [0.4, 0.5) is 0 Å². The lowest BCUT2D eigenvalue weighted by molar-refractivity contribution is -0.130. The Balaban J connectivity index is 1.23. The molecule has 222 valence electrons. The van der Waals surface area contributed by atoms with E-state index >= 15 is 0 Å². The molecule has 0 saturated heterocycles. The van der Waals surface area contributed by atoms with Crippen LogP contribution in [0, 0.1) is 19.8 Å². The first-order valence-electron chi connectivity index (χ1n) is 14.6. The molecule has 10 heteroatoms. The van der Waals surface area contributed by atoms with Crippen molar-refractivity contribution in [2.75, 3.05) is 5.75 Å². The number of amides is 1. The van der Waals surface area contributed by atoms with Crippen LogP contribution in [0.2, 0.25) is 5.02 Å². The number of allylic oxidation sites excluding steroid dienone is 1. The molecule has 1 saturated carbocycles. The molecule has 3 aromatic heterocycles. The second-order valence-corrected chi connectivity index (χ2v) is 14.4. The van der Waals surface area contributed by atoms with Crippen molar-refractivity contribution in [1.82, 2.24) is 19.8 Å². The molecule has 44 heavy (non-hydrogen) atoms. The Kier molecular flexibility index (Phi) is 8.29. The van der Waals surface area contributed by atoms with Crippen LogP contribution in [0.5, 0.6) is 0 Å². The van der Waals surface area contributed by atoms with Crippen LogP contribution >= 0.6 is 46.0 Å². The number of carbonyl (C=O) groups is 1. The highest BCUT2D eigenvalue weighted by atomic mass is 35.5. The maximum absolute atomic E-state index is 14.1. The molecule has 2 aliphatic rings. The number of aryl methyl sites for hydroxylation is 2. The summed E-state index contributed by atoms with van der Waals surface area (Å²) < 4.78 is 2.02. The molecule has 0 spiro atoms.